The molecule has 0 saturated carbocycles. The Labute approximate surface area is 83.5 Å². The van der Waals surface area contributed by atoms with Gasteiger partial charge in [-0.25, -0.2) is 0 Å². The van der Waals surface area contributed by atoms with E-state index >= 15 is 0 Å². The first-order valence-corrected chi connectivity index (χ1v) is 2.78. The minimum Gasteiger partial charge on any atom is -1.00 e. The van der Waals surface area contributed by atoms with E-state index in [0.717, 1.165) is 0 Å². The van der Waals surface area contributed by atoms with Gasteiger partial charge in [-0.3, -0.25) is 0 Å². The summed E-state index contributed by atoms with van der Waals surface area (Å²) in [6.07, 6.45) is 0. The molecule has 0 aliphatic carbocycles. The predicted molar refractivity (Wildman–Crippen MR) is 16.8 cm³/mol. The third-order valence-corrected chi connectivity index (χ3v) is 0.311. The SMILES string of the molecule is O[Si](O)(O)OF.[H-].[H-].[Li+].[Na+]. The molecule has 8 heteroatoms. The molecule has 0 aromatic carbocycles. The van der Waals surface area contributed by atoms with Crippen LogP contribution in [0.3, 0.4) is 0 Å². The molecule has 0 saturated heterocycles. The largest absolute Gasteiger partial charge is 1.00 e. The van der Waals surface area contributed by atoms with Gasteiger partial charge in [0.1, 0.15) is 0 Å². The fourth-order valence-electron chi connectivity index (χ4n) is 0. The van der Waals surface area contributed by atoms with Crippen LogP contribution in [0.15, 0.2) is 0 Å². The fourth-order valence-corrected chi connectivity index (χ4v) is 0. The summed E-state index contributed by atoms with van der Waals surface area (Å²) in [5.41, 5.74) is 0. The smallest absolute Gasteiger partial charge is 1.00 e. The van der Waals surface area contributed by atoms with Gasteiger partial charge in [-0.2, -0.15) is 4.63 Å². The van der Waals surface area contributed by atoms with E-state index in [1.807, 2.05) is 0 Å². The summed E-state index contributed by atoms with van der Waals surface area (Å²) in [4.78, 5) is 22.4. The first kappa shape index (κ1) is 16.3. The summed E-state index contributed by atoms with van der Waals surface area (Å²) in [7, 11) is -4.80. The molecule has 0 unspecified atom stereocenters. The van der Waals surface area contributed by atoms with Crippen molar-refractivity contribution in [2.24, 2.45) is 0 Å². The number of hydrogen-bond donors (Lipinski definition) is 3. The summed E-state index contributed by atoms with van der Waals surface area (Å²) >= 11 is 0. The molecule has 0 heterocycles. The molecule has 0 amide bonds. The minimum absolute atomic E-state index is 0. The molecular formula is H5FLiNaO4Si. The fraction of sp³-hybridized carbons (Fsp3) is 0. The zero-order valence-electron chi connectivity index (χ0n) is 6.63. The number of hydrogen-bond acceptors (Lipinski definition) is 4. The van der Waals surface area contributed by atoms with E-state index in [1.165, 1.54) is 0 Å². The van der Waals surface area contributed by atoms with Crippen LogP contribution in [0.5, 0.6) is 0 Å². The average molecular weight is 146 g/mol. The second-order valence-corrected chi connectivity index (χ2v) is 1.95. The van der Waals surface area contributed by atoms with Crippen LogP contribution < -0.4 is 48.4 Å². The molecule has 0 fully saturated rings. The Hall–Kier alpha value is 1.58. The van der Waals surface area contributed by atoms with Crippen molar-refractivity contribution in [3.8, 4) is 0 Å². The molecule has 0 aromatic heterocycles. The van der Waals surface area contributed by atoms with Crippen molar-refractivity contribution in [2.45, 2.75) is 0 Å². The minimum atomic E-state index is -4.80. The quantitative estimate of drug-likeness (QED) is 0.321. The maximum Gasteiger partial charge on any atom is 1.00 e. The van der Waals surface area contributed by atoms with Crippen LogP contribution in [0.1, 0.15) is 2.85 Å². The van der Waals surface area contributed by atoms with E-state index in [2.05, 4.69) is 4.63 Å². The van der Waals surface area contributed by atoms with Gasteiger partial charge in [-0.05, 0) is 0 Å². The van der Waals surface area contributed by atoms with Gasteiger partial charge < -0.3 is 17.2 Å². The molecule has 8 heavy (non-hydrogen) atoms. The maximum atomic E-state index is 10.3. The molecule has 0 spiro atoms. The Morgan fingerprint density at radius 1 is 1.38 bits per heavy atom. The zero-order chi connectivity index (χ0) is 5.21. The van der Waals surface area contributed by atoms with Crippen LogP contribution in [-0.2, 0) is 4.63 Å². The Balaban J connectivity index is -0.0000000208. The first-order chi connectivity index (χ1) is 2.56. The van der Waals surface area contributed by atoms with Gasteiger partial charge in [0.25, 0.3) is 0 Å². The zero-order valence-corrected chi connectivity index (χ0v) is 7.63. The number of rotatable bonds is 1. The first-order valence-electron chi connectivity index (χ1n) is 1.03. The van der Waals surface area contributed by atoms with Gasteiger partial charge in [-0.15, -0.1) is 0 Å². The van der Waals surface area contributed by atoms with E-state index in [1.54, 1.807) is 0 Å². The van der Waals surface area contributed by atoms with Crippen molar-refractivity contribution < 1.29 is 74.8 Å². The van der Waals surface area contributed by atoms with Crippen LogP contribution in [0.25, 0.3) is 0 Å². The molecule has 0 aromatic rings. The number of halogens is 1. The van der Waals surface area contributed by atoms with E-state index in [9.17, 15) is 4.53 Å². The van der Waals surface area contributed by atoms with Gasteiger partial charge in [-0.1, -0.05) is 4.53 Å². The van der Waals surface area contributed by atoms with Crippen molar-refractivity contribution in [2.75, 3.05) is 0 Å². The molecule has 0 rings (SSSR count). The monoisotopic (exact) mass is 146 g/mol. The molecule has 0 aliphatic heterocycles. The van der Waals surface area contributed by atoms with Crippen molar-refractivity contribution in [3.05, 3.63) is 0 Å². The van der Waals surface area contributed by atoms with E-state index < -0.39 is 9.05 Å². The van der Waals surface area contributed by atoms with E-state index in [0.29, 0.717) is 0 Å². The molecule has 0 bridgehead atoms. The van der Waals surface area contributed by atoms with Crippen LogP contribution in [0, 0.1) is 0 Å². The predicted octanol–water partition coefficient (Wildman–Crippen LogP) is -7.47. The van der Waals surface area contributed by atoms with Crippen LogP contribution >= 0.6 is 0 Å². The summed E-state index contributed by atoms with van der Waals surface area (Å²) in [5.74, 6) is 0. The third-order valence-electron chi connectivity index (χ3n) is 0.104. The molecule has 42 valence electrons. The topological polar surface area (TPSA) is 69.9 Å². The molecule has 0 aliphatic rings. The Kier molecular flexibility index (Phi) is 13.6. The Morgan fingerprint density at radius 2 is 1.50 bits per heavy atom. The van der Waals surface area contributed by atoms with E-state index in [4.69, 9.17) is 14.4 Å². The second-order valence-electron chi connectivity index (χ2n) is 0.651. The summed E-state index contributed by atoms with van der Waals surface area (Å²) in [6, 6.07) is 0. The average Bonchev–Trinajstić information content (AvgIpc) is 1.35. The van der Waals surface area contributed by atoms with Gasteiger partial charge in [0.05, 0.1) is 0 Å². The molecule has 4 nitrogen and oxygen atoms in total. The third kappa shape index (κ3) is 15.6. The molecule has 0 radical (unpaired) electrons. The normalized spacial score (nSPS) is 9.00. The van der Waals surface area contributed by atoms with Crippen LogP contribution in [-0.4, -0.2) is 23.4 Å². The Morgan fingerprint density at radius 3 is 1.50 bits per heavy atom. The molecular weight excluding hydrogens is 141 g/mol. The van der Waals surface area contributed by atoms with Crippen LogP contribution in [0.4, 0.5) is 4.53 Å². The van der Waals surface area contributed by atoms with Gasteiger partial charge in [0.15, 0.2) is 0 Å². The standard InChI is InChI=1S/FH3O4Si.Li.Na.2H/c1-5-6(2,3)4;;;;/h2-4H;;;;/q;2*+1;2*-1. The van der Waals surface area contributed by atoms with Crippen molar-refractivity contribution in [1.29, 1.82) is 0 Å². The van der Waals surface area contributed by atoms with Gasteiger partial charge >= 0.3 is 57.5 Å². The molecule has 3 N–H and O–H groups in total. The van der Waals surface area contributed by atoms with Crippen molar-refractivity contribution in [3.63, 3.8) is 0 Å². The van der Waals surface area contributed by atoms with Gasteiger partial charge in [0.2, 0.25) is 0 Å². The summed E-state index contributed by atoms with van der Waals surface area (Å²) in [6.45, 7) is 0. The maximum absolute atomic E-state index is 10.3. The summed E-state index contributed by atoms with van der Waals surface area (Å²) < 4.78 is 12.6. The Bertz CT molecular complexity index is 53.0. The second kappa shape index (κ2) is 6.70. The van der Waals surface area contributed by atoms with Gasteiger partial charge in [0, 0.05) is 0 Å². The molecule has 0 atom stereocenters. The van der Waals surface area contributed by atoms with Crippen molar-refractivity contribution >= 4 is 9.05 Å². The summed E-state index contributed by atoms with van der Waals surface area (Å²) in [5, 5.41) is 0. The van der Waals surface area contributed by atoms with E-state index in [-0.39, 0.29) is 51.3 Å². The van der Waals surface area contributed by atoms with Crippen LogP contribution in [0.2, 0.25) is 0 Å². The van der Waals surface area contributed by atoms with Crippen molar-refractivity contribution in [1.82, 2.24) is 0 Å².